The van der Waals surface area contributed by atoms with Crippen LogP contribution < -0.4 is 9.64 Å². The van der Waals surface area contributed by atoms with Gasteiger partial charge >= 0.3 is 0 Å². The second-order valence-electron chi connectivity index (χ2n) is 7.25. The average molecular weight is 452 g/mol. The molecule has 0 N–H and O–H groups in total. The van der Waals surface area contributed by atoms with Crippen LogP contribution in [0.5, 0.6) is 5.75 Å². The molecule has 0 saturated carbocycles. The Labute approximate surface area is 194 Å². The van der Waals surface area contributed by atoms with Crippen LogP contribution >= 0.6 is 11.8 Å². The molecular weight excluding hydrogens is 422 g/mol. The zero-order valence-electron chi connectivity index (χ0n) is 18.9. The zero-order valence-corrected chi connectivity index (χ0v) is 19.7. The van der Waals surface area contributed by atoms with Crippen molar-refractivity contribution in [2.75, 3.05) is 31.3 Å². The molecule has 1 heterocycles. The molecule has 7 heteroatoms. The Kier molecular flexibility index (Phi) is 8.81. The van der Waals surface area contributed by atoms with Gasteiger partial charge in [-0.25, -0.2) is 0 Å². The number of hydrogen-bond acceptors (Lipinski definition) is 7. The van der Waals surface area contributed by atoms with E-state index in [2.05, 4.69) is 36.1 Å². The maximum atomic E-state index is 9.91. The van der Waals surface area contributed by atoms with E-state index in [4.69, 9.17) is 14.2 Å². The molecule has 0 unspecified atom stereocenters. The van der Waals surface area contributed by atoms with Crippen molar-refractivity contribution in [2.24, 2.45) is 0 Å². The van der Waals surface area contributed by atoms with Crippen LogP contribution in [0.3, 0.4) is 0 Å². The molecule has 0 amide bonds. The summed E-state index contributed by atoms with van der Waals surface area (Å²) < 4.78 is 17.5. The van der Waals surface area contributed by atoms with Gasteiger partial charge in [0.1, 0.15) is 17.7 Å². The smallest absolute Gasteiger partial charge is 0.163 e. The van der Waals surface area contributed by atoms with Crippen LogP contribution in [-0.2, 0) is 9.47 Å². The Morgan fingerprint density at radius 3 is 2.44 bits per heavy atom. The first-order valence-corrected chi connectivity index (χ1v) is 11.9. The largest absolute Gasteiger partial charge is 0.490 e. The summed E-state index contributed by atoms with van der Waals surface area (Å²) in [6, 6.07) is 14.4. The summed E-state index contributed by atoms with van der Waals surface area (Å²) in [6.07, 6.45) is 2.20. The third-order valence-corrected chi connectivity index (χ3v) is 6.24. The van der Waals surface area contributed by atoms with E-state index in [0.29, 0.717) is 37.6 Å². The van der Waals surface area contributed by atoms with Crippen LogP contribution in [0.15, 0.2) is 40.1 Å². The predicted molar refractivity (Wildman–Crippen MR) is 126 cm³/mol. The van der Waals surface area contributed by atoms with E-state index in [1.54, 1.807) is 11.8 Å². The third-order valence-electron chi connectivity index (χ3n) is 5.14. The van der Waals surface area contributed by atoms with Gasteiger partial charge in [0, 0.05) is 36.0 Å². The second kappa shape index (κ2) is 11.8. The molecule has 2 aromatic carbocycles. The molecule has 6 nitrogen and oxygen atoms in total. The van der Waals surface area contributed by atoms with E-state index in [-0.39, 0.29) is 11.9 Å². The number of rotatable bonds is 11. The Hall–Kier alpha value is -2.71. The summed E-state index contributed by atoms with van der Waals surface area (Å²) in [5.41, 5.74) is 2.56. The predicted octanol–water partition coefficient (Wildman–Crippen LogP) is 6.00. The lowest BCUT2D eigenvalue weighted by atomic mass is 10.0. The first-order valence-electron chi connectivity index (χ1n) is 11.1. The highest BCUT2D eigenvalue weighted by molar-refractivity contribution is 7.99. The molecule has 0 fully saturated rings. The molecule has 0 bridgehead atoms. The highest BCUT2D eigenvalue weighted by Crippen LogP contribution is 2.53. The highest BCUT2D eigenvalue weighted by Gasteiger charge is 2.30. The van der Waals surface area contributed by atoms with Crippen molar-refractivity contribution in [1.82, 2.24) is 0 Å². The summed E-state index contributed by atoms with van der Waals surface area (Å²) in [5, 5.41) is 19.6. The Balaban J connectivity index is 2.03. The number of fused-ring (bicyclic) bond motifs is 2. The third kappa shape index (κ3) is 5.19. The van der Waals surface area contributed by atoms with E-state index in [0.717, 1.165) is 40.6 Å². The topological polar surface area (TPSA) is 78.5 Å². The van der Waals surface area contributed by atoms with E-state index >= 15 is 0 Å². The molecule has 32 heavy (non-hydrogen) atoms. The van der Waals surface area contributed by atoms with Gasteiger partial charge in [0.2, 0.25) is 0 Å². The van der Waals surface area contributed by atoms with Crippen LogP contribution in [0.4, 0.5) is 11.4 Å². The monoisotopic (exact) mass is 451 g/mol. The minimum absolute atomic E-state index is 0.275. The quantitative estimate of drug-likeness (QED) is 0.388. The fourth-order valence-corrected chi connectivity index (χ4v) is 4.84. The lowest BCUT2D eigenvalue weighted by Crippen LogP contribution is -2.24. The molecule has 0 spiro atoms. The van der Waals surface area contributed by atoms with Gasteiger partial charge in [0.05, 0.1) is 23.5 Å². The van der Waals surface area contributed by atoms with Crippen LogP contribution in [0.2, 0.25) is 0 Å². The summed E-state index contributed by atoms with van der Waals surface area (Å²) in [7, 11) is 0. The summed E-state index contributed by atoms with van der Waals surface area (Å²) in [5.74, 6) is 0.464. The van der Waals surface area contributed by atoms with Crippen LogP contribution in [0, 0.1) is 22.7 Å². The van der Waals surface area contributed by atoms with E-state index < -0.39 is 0 Å². The molecule has 3 rings (SSSR count). The van der Waals surface area contributed by atoms with Gasteiger partial charge in [0.25, 0.3) is 0 Å². The molecule has 1 aliphatic heterocycles. The van der Waals surface area contributed by atoms with Gasteiger partial charge in [-0.1, -0.05) is 37.2 Å². The lowest BCUT2D eigenvalue weighted by Gasteiger charge is -2.34. The number of nitriles is 2. The standard InChI is InChI=1S/C25H29N3O3S/c1-4-7-13-28-20-10-8-9-11-21(20)32-22-15-18(16-26)19(17-27)25(24(22)28)31-14-12-23(29-5-2)30-6-3/h8-11,15,23H,4-7,12-14H2,1-3H3. The molecule has 1 aliphatic rings. The second-order valence-corrected chi connectivity index (χ2v) is 8.33. The van der Waals surface area contributed by atoms with Crippen molar-refractivity contribution in [3.8, 4) is 17.9 Å². The number of benzene rings is 2. The number of nitrogens with zero attached hydrogens (tertiary/aromatic N) is 3. The van der Waals surface area contributed by atoms with Gasteiger partial charge in [-0.05, 0) is 38.5 Å². The first-order chi connectivity index (χ1) is 15.7. The minimum Gasteiger partial charge on any atom is -0.490 e. The van der Waals surface area contributed by atoms with Crippen LogP contribution in [0.1, 0.15) is 51.2 Å². The average Bonchev–Trinajstić information content (AvgIpc) is 2.81. The van der Waals surface area contributed by atoms with Crippen LogP contribution in [-0.4, -0.2) is 32.7 Å². The Bertz CT molecular complexity index is 1010. The molecule has 0 atom stereocenters. The molecule has 0 radical (unpaired) electrons. The molecule has 168 valence electrons. The molecular formula is C25H29N3O3S. The van der Waals surface area contributed by atoms with Crippen molar-refractivity contribution < 1.29 is 14.2 Å². The molecule has 0 aliphatic carbocycles. The van der Waals surface area contributed by atoms with Gasteiger partial charge in [0.15, 0.2) is 12.0 Å². The number of anilines is 2. The van der Waals surface area contributed by atoms with Crippen LogP contribution in [0.25, 0.3) is 0 Å². The minimum atomic E-state index is -0.364. The Morgan fingerprint density at radius 1 is 1.03 bits per heavy atom. The van der Waals surface area contributed by atoms with E-state index in [1.165, 1.54) is 0 Å². The lowest BCUT2D eigenvalue weighted by molar-refractivity contribution is -0.142. The fourth-order valence-electron chi connectivity index (χ4n) is 3.69. The number of para-hydroxylation sites is 1. The SMILES string of the molecule is CCCCN1c2ccccc2Sc2cc(C#N)c(C#N)c(OCCC(OCC)OCC)c21. The van der Waals surface area contributed by atoms with Gasteiger partial charge in [-0.15, -0.1) is 0 Å². The van der Waals surface area contributed by atoms with Crippen molar-refractivity contribution >= 4 is 23.1 Å². The maximum Gasteiger partial charge on any atom is 0.163 e. The van der Waals surface area contributed by atoms with Crippen molar-refractivity contribution in [3.05, 3.63) is 41.5 Å². The zero-order chi connectivity index (χ0) is 22.9. The normalized spacial score (nSPS) is 12.1. The number of hydrogen-bond donors (Lipinski definition) is 0. The van der Waals surface area contributed by atoms with Crippen molar-refractivity contribution in [1.29, 1.82) is 10.5 Å². The first kappa shape index (κ1) is 23.9. The Morgan fingerprint density at radius 2 is 1.78 bits per heavy atom. The fraction of sp³-hybridized carbons (Fsp3) is 0.440. The van der Waals surface area contributed by atoms with Crippen molar-refractivity contribution in [2.45, 2.75) is 56.1 Å². The van der Waals surface area contributed by atoms with Crippen molar-refractivity contribution in [3.63, 3.8) is 0 Å². The van der Waals surface area contributed by atoms with E-state index in [9.17, 15) is 10.5 Å². The number of ether oxygens (including phenoxy) is 3. The maximum absolute atomic E-state index is 9.91. The summed E-state index contributed by atoms with van der Waals surface area (Å²) in [4.78, 5) is 4.28. The highest BCUT2D eigenvalue weighted by atomic mass is 32.2. The van der Waals surface area contributed by atoms with Gasteiger partial charge in [-0.2, -0.15) is 10.5 Å². The molecule has 2 aromatic rings. The van der Waals surface area contributed by atoms with E-state index in [1.807, 2.05) is 32.0 Å². The number of unbranched alkanes of at least 4 members (excludes halogenated alkanes) is 1. The summed E-state index contributed by atoms with van der Waals surface area (Å²) in [6.45, 7) is 8.21. The van der Waals surface area contributed by atoms with Gasteiger partial charge in [-0.3, -0.25) is 0 Å². The molecule has 0 aromatic heterocycles. The summed E-state index contributed by atoms with van der Waals surface area (Å²) >= 11 is 1.61. The van der Waals surface area contributed by atoms with Gasteiger partial charge < -0.3 is 19.1 Å². The molecule has 0 saturated heterocycles.